The fourth-order valence-electron chi connectivity index (χ4n) is 5.09. The number of carbonyl (C=O) groups excluding carboxylic acids is 2. The number of aromatic nitrogens is 1. The number of aryl methyl sites for hydroxylation is 1. The van der Waals surface area contributed by atoms with E-state index in [9.17, 15) is 14.4 Å². The number of hydrogen-bond acceptors (Lipinski definition) is 8. The number of benzene rings is 3. The first kappa shape index (κ1) is 27.7. The summed E-state index contributed by atoms with van der Waals surface area (Å²) in [7, 11) is 0. The van der Waals surface area contributed by atoms with Crippen LogP contribution >= 0.6 is 22.9 Å². The van der Waals surface area contributed by atoms with Gasteiger partial charge in [-0.2, -0.15) is 0 Å². The standard InChI is InChI=1S/C32H25ClN2O6S/c1-4-39-25-14-20(10-12-24(25)40-16-19-8-6-5-7-9-19)27-26-28(37)22-15-21(33)11-13-23(22)41-29(26)31(38)35(27)32-34-17(2)30(42-32)18(3)36/h5-15,27H,4,16H2,1-3H3. The van der Waals surface area contributed by atoms with Crippen LogP contribution in [0.2, 0.25) is 5.02 Å². The van der Waals surface area contributed by atoms with Gasteiger partial charge in [0, 0.05) is 11.9 Å². The SMILES string of the molecule is CCOc1cc(C2c3c(oc4ccc(Cl)cc4c3=O)C(=O)N2c2nc(C)c(C(C)=O)s2)ccc1OCc1ccccc1. The number of halogens is 1. The third kappa shape index (κ3) is 4.84. The lowest BCUT2D eigenvalue weighted by molar-refractivity contribution is 0.0969. The van der Waals surface area contributed by atoms with Crippen molar-refractivity contribution in [2.24, 2.45) is 0 Å². The highest BCUT2D eigenvalue weighted by atomic mass is 35.5. The lowest BCUT2D eigenvalue weighted by atomic mass is 9.98. The van der Waals surface area contributed by atoms with Crippen molar-refractivity contribution in [3.63, 3.8) is 0 Å². The lowest BCUT2D eigenvalue weighted by Crippen LogP contribution is -2.29. The van der Waals surface area contributed by atoms with E-state index in [1.54, 1.807) is 37.3 Å². The quantitative estimate of drug-likeness (QED) is 0.175. The molecule has 2 aromatic heterocycles. The third-order valence-corrected chi connectivity index (χ3v) is 8.46. The van der Waals surface area contributed by atoms with Crippen molar-refractivity contribution in [2.45, 2.75) is 33.4 Å². The van der Waals surface area contributed by atoms with Crippen LogP contribution in [0.3, 0.4) is 0 Å². The zero-order chi connectivity index (χ0) is 29.5. The Hall–Kier alpha value is -4.47. The molecule has 0 fully saturated rings. The molecule has 3 heterocycles. The van der Waals surface area contributed by atoms with Crippen molar-refractivity contribution in [1.29, 1.82) is 0 Å². The van der Waals surface area contributed by atoms with Gasteiger partial charge in [-0.3, -0.25) is 19.3 Å². The Morgan fingerprint density at radius 2 is 1.83 bits per heavy atom. The predicted octanol–water partition coefficient (Wildman–Crippen LogP) is 7.14. The van der Waals surface area contributed by atoms with Crippen LogP contribution in [-0.2, 0) is 6.61 Å². The van der Waals surface area contributed by atoms with E-state index >= 15 is 0 Å². The second kappa shape index (κ2) is 11.1. The highest BCUT2D eigenvalue weighted by molar-refractivity contribution is 7.17. The second-order valence-electron chi connectivity index (χ2n) is 9.77. The smallest absolute Gasteiger partial charge is 0.297 e. The lowest BCUT2D eigenvalue weighted by Gasteiger charge is -2.23. The monoisotopic (exact) mass is 600 g/mol. The molecule has 1 atom stereocenters. The zero-order valence-corrected chi connectivity index (χ0v) is 24.5. The van der Waals surface area contributed by atoms with Crippen LogP contribution in [0.4, 0.5) is 5.13 Å². The first-order valence-electron chi connectivity index (χ1n) is 13.3. The number of amides is 1. The Balaban J connectivity index is 1.52. The Kier molecular flexibility index (Phi) is 7.30. The fourth-order valence-corrected chi connectivity index (χ4v) is 6.25. The van der Waals surface area contributed by atoms with Gasteiger partial charge in [0.2, 0.25) is 5.76 Å². The average molecular weight is 601 g/mol. The van der Waals surface area contributed by atoms with Crippen LogP contribution in [0.5, 0.6) is 11.5 Å². The second-order valence-corrected chi connectivity index (χ2v) is 11.2. The minimum absolute atomic E-state index is 0.0839. The van der Waals surface area contributed by atoms with Gasteiger partial charge >= 0.3 is 0 Å². The molecule has 0 radical (unpaired) electrons. The van der Waals surface area contributed by atoms with E-state index in [0.717, 1.165) is 16.9 Å². The molecule has 0 bridgehead atoms. The van der Waals surface area contributed by atoms with Crippen molar-refractivity contribution in [3.05, 3.63) is 115 Å². The van der Waals surface area contributed by atoms with Crippen molar-refractivity contribution >= 4 is 50.7 Å². The summed E-state index contributed by atoms with van der Waals surface area (Å²) in [6, 6.07) is 18.9. The number of rotatable bonds is 8. The number of fused-ring (bicyclic) bond motifs is 2. The van der Waals surface area contributed by atoms with Gasteiger partial charge in [0.05, 0.1) is 34.2 Å². The Morgan fingerprint density at radius 1 is 1.05 bits per heavy atom. The molecule has 0 aliphatic carbocycles. The van der Waals surface area contributed by atoms with E-state index in [-0.39, 0.29) is 38.6 Å². The molecule has 8 nitrogen and oxygen atoms in total. The van der Waals surface area contributed by atoms with Gasteiger partial charge in [0.1, 0.15) is 12.2 Å². The van der Waals surface area contributed by atoms with Crippen LogP contribution < -0.4 is 19.8 Å². The summed E-state index contributed by atoms with van der Waals surface area (Å²) in [5.41, 5.74) is 2.11. The molecule has 1 aliphatic rings. The molecule has 42 heavy (non-hydrogen) atoms. The summed E-state index contributed by atoms with van der Waals surface area (Å²) in [4.78, 5) is 46.6. The molecule has 0 N–H and O–H groups in total. The maximum Gasteiger partial charge on any atom is 0.297 e. The van der Waals surface area contributed by atoms with E-state index in [4.69, 9.17) is 25.5 Å². The van der Waals surface area contributed by atoms with Gasteiger partial charge < -0.3 is 13.9 Å². The maximum atomic E-state index is 14.0. The van der Waals surface area contributed by atoms with Gasteiger partial charge in [-0.25, -0.2) is 4.98 Å². The van der Waals surface area contributed by atoms with Crippen LogP contribution in [-0.4, -0.2) is 23.3 Å². The molecule has 1 unspecified atom stereocenters. The van der Waals surface area contributed by atoms with Gasteiger partial charge in [0.15, 0.2) is 27.8 Å². The molecular weight excluding hydrogens is 576 g/mol. The molecule has 10 heteroatoms. The van der Waals surface area contributed by atoms with E-state index in [1.807, 2.05) is 37.3 Å². The predicted molar refractivity (Wildman–Crippen MR) is 161 cm³/mol. The third-order valence-electron chi connectivity index (χ3n) is 6.96. The number of carbonyl (C=O) groups is 2. The highest BCUT2D eigenvalue weighted by Crippen LogP contribution is 2.45. The summed E-state index contributed by atoms with van der Waals surface area (Å²) in [5, 5.41) is 0.907. The highest BCUT2D eigenvalue weighted by Gasteiger charge is 2.45. The van der Waals surface area contributed by atoms with E-state index in [0.29, 0.717) is 45.9 Å². The molecule has 1 aliphatic heterocycles. The average Bonchev–Trinajstić information content (AvgIpc) is 3.50. The molecule has 1 amide bonds. The minimum atomic E-state index is -0.903. The number of ketones is 1. The topological polar surface area (TPSA) is 98.9 Å². The summed E-state index contributed by atoms with van der Waals surface area (Å²) >= 11 is 7.31. The van der Waals surface area contributed by atoms with Gasteiger partial charge in [-0.15, -0.1) is 0 Å². The summed E-state index contributed by atoms with van der Waals surface area (Å²) in [6.07, 6.45) is 0. The van der Waals surface area contributed by atoms with Crippen molar-refractivity contribution in [3.8, 4) is 11.5 Å². The van der Waals surface area contributed by atoms with E-state index in [2.05, 4.69) is 4.98 Å². The van der Waals surface area contributed by atoms with Crippen molar-refractivity contribution in [1.82, 2.24) is 4.98 Å². The van der Waals surface area contributed by atoms with E-state index < -0.39 is 11.9 Å². The minimum Gasteiger partial charge on any atom is -0.490 e. The molecule has 0 saturated heterocycles. The zero-order valence-electron chi connectivity index (χ0n) is 23.0. The van der Waals surface area contributed by atoms with Crippen LogP contribution in [0, 0.1) is 6.92 Å². The number of nitrogens with zero attached hydrogens (tertiary/aromatic N) is 2. The van der Waals surface area contributed by atoms with Crippen LogP contribution in [0.15, 0.2) is 75.9 Å². The molecule has 212 valence electrons. The molecule has 6 rings (SSSR count). The first-order chi connectivity index (χ1) is 20.3. The van der Waals surface area contributed by atoms with Gasteiger partial charge in [-0.05, 0) is 55.3 Å². The van der Waals surface area contributed by atoms with E-state index in [1.165, 1.54) is 17.9 Å². The molecule has 0 spiro atoms. The van der Waals surface area contributed by atoms with Crippen molar-refractivity contribution < 1.29 is 23.5 Å². The van der Waals surface area contributed by atoms with Gasteiger partial charge in [0.25, 0.3) is 5.91 Å². The Bertz CT molecular complexity index is 1920. The first-order valence-corrected chi connectivity index (χ1v) is 14.5. The number of ether oxygens (including phenoxy) is 2. The molecule has 5 aromatic rings. The Morgan fingerprint density at radius 3 is 2.55 bits per heavy atom. The van der Waals surface area contributed by atoms with Gasteiger partial charge in [-0.1, -0.05) is 59.3 Å². The fraction of sp³-hybridized carbons (Fsp3) is 0.188. The number of Topliss-reactive ketones (excluding diaryl/α,β-unsaturated/α-hetero) is 1. The molecular formula is C32H25ClN2O6S. The largest absolute Gasteiger partial charge is 0.490 e. The summed E-state index contributed by atoms with van der Waals surface area (Å²) in [6.45, 7) is 5.73. The normalized spacial score (nSPS) is 14.3. The number of hydrogen-bond donors (Lipinski definition) is 0. The molecule has 0 saturated carbocycles. The Labute approximate surface area is 250 Å². The number of thiazole rings is 1. The summed E-state index contributed by atoms with van der Waals surface area (Å²) < 4.78 is 18.1. The van der Waals surface area contributed by atoms with Crippen LogP contribution in [0.1, 0.15) is 62.5 Å². The maximum absolute atomic E-state index is 14.0. The number of anilines is 1. The summed E-state index contributed by atoms with van der Waals surface area (Å²) in [5.74, 6) is 0.196. The van der Waals surface area contributed by atoms with Crippen molar-refractivity contribution in [2.75, 3.05) is 11.5 Å². The molecule has 3 aromatic carbocycles. The van der Waals surface area contributed by atoms with Crippen LogP contribution in [0.25, 0.3) is 11.0 Å².